The van der Waals surface area contributed by atoms with Crippen LogP contribution in [0.3, 0.4) is 0 Å². The molecule has 21 heteroatoms. The molecule has 0 atom stereocenters. The van der Waals surface area contributed by atoms with Gasteiger partial charge in [0.25, 0.3) is 0 Å². The van der Waals surface area contributed by atoms with Crippen LogP contribution in [0.5, 0.6) is 0 Å². The largest absolute Gasteiger partial charge is 0.480 e. The molecule has 1 N–H and O–H groups in total. The predicted molar refractivity (Wildman–Crippen MR) is 202 cm³/mol. The van der Waals surface area contributed by atoms with Gasteiger partial charge in [0.15, 0.2) is 2.14 Å². The predicted octanol–water partition coefficient (Wildman–Crippen LogP) is 13.8. The maximum Gasteiger partial charge on any atom is 0.333 e. The van der Waals surface area contributed by atoms with Gasteiger partial charge in [-0.05, 0) is 0 Å². The van der Waals surface area contributed by atoms with Crippen molar-refractivity contribution in [2.75, 3.05) is 0 Å². The smallest absolute Gasteiger partial charge is 0.333 e. The van der Waals surface area contributed by atoms with E-state index in [-0.39, 0.29) is 0 Å². The number of aliphatic carboxylic acids is 1. The molecule has 0 aliphatic carbocycles. The lowest BCUT2D eigenvalue weighted by Gasteiger charge is -2.58. The number of hydrogen-bond donors (Lipinski definition) is 1. The second kappa shape index (κ2) is 12.7. The zero-order valence-corrected chi connectivity index (χ0v) is 43.2. The van der Waals surface area contributed by atoms with E-state index in [1.54, 1.807) is 0 Å². The Kier molecular flexibility index (Phi) is 16.2. The molecule has 0 aliphatic heterocycles. The first-order valence-corrected chi connectivity index (χ1v) is 21.3. The highest BCUT2D eigenvalue weighted by atomic mass is 80.0. The summed E-state index contributed by atoms with van der Waals surface area (Å²) in [6, 6.07) is 0. The monoisotopic (exact) mass is 1650 g/mol. The summed E-state index contributed by atoms with van der Waals surface area (Å²) in [5.41, 5.74) is 0. The van der Waals surface area contributed by atoms with Gasteiger partial charge in [0, 0.05) is 0 Å². The fraction of sp³-hybridized carbons (Fsp3) is 0.900. The Labute approximate surface area is 338 Å². The number of rotatable bonds is 8. The van der Waals surface area contributed by atoms with Crippen LogP contribution in [-0.2, 0) is 4.79 Å². The maximum atomic E-state index is 12.0. The molecule has 0 fully saturated rings. The average molecular weight is 1670 g/mol. The quantitative estimate of drug-likeness (QED) is 0.246. The van der Waals surface area contributed by atoms with Crippen molar-refractivity contribution in [3.8, 4) is 0 Å². The van der Waals surface area contributed by atoms with Gasteiger partial charge in [-0.3, -0.25) is 0 Å². The molecule has 0 aromatic carbocycles. The minimum absolute atomic E-state index is 0.865. The second-order valence-corrected chi connectivity index (χ2v) is 39.7. The van der Waals surface area contributed by atoms with Crippen molar-refractivity contribution in [1.82, 2.24) is 0 Å². The molecule has 0 aliphatic rings. The maximum absolute atomic E-state index is 12.0. The molecule has 31 heavy (non-hydrogen) atoms. The van der Waals surface area contributed by atoms with E-state index in [9.17, 15) is 9.90 Å². The summed E-state index contributed by atoms with van der Waals surface area (Å²) >= 11 is 68.6. The number of alkyl halides is 19. The number of carboxylic acids is 1. The van der Waals surface area contributed by atoms with E-state index in [0.29, 0.717) is 0 Å². The number of carbonyl (C=O) groups is 1. The number of carboxylic acid groups (broad SMARTS) is 1. The van der Waals surface area contributed by atoms with Crippen molar-refractivity contribution in [2.24, 2.45) is 0 Å². The molecular formula is C10HBr19O2. The van der Waals surface area contributed by atoms with Gasteiger partial charge < -0.3 is 5.11 Å². The second-order valence-electron chi connectivity index (χ2n) is 5.40. The summed E-state index contributed by atoms with van der Waals surface area (Å²) in [6.45, 7) is 0. The number of halogens is 19. The van der Waals surface area contributed by atoms with Gasteiger partial charge in [-0.25, -0.2) is 4.79 Å². The van der Waals surface area contributed by atoms with Crippen LogP contribution in [-0.4, -0.2) is 39.1 Å². The summed E-state index contributed by atoms with van der Waals surface area (Å²) < 4.78 is -11.0. The van der Waals surface area contributed by atoms with Crippen LogP contribution in [0.4, 0.5) is 0 Å². The molecular weight excluding hydrogens is 1670 g/mol. The van der Waals surface area contributed by atoms with Crippen molar-refractivity contribution >= 4 is 309 Å². The first kappa shape index (κ1) is 39.6. The lowest BCUT2D eigenvalue weighted by atomic mass is 10.1. The van der Waals surface area contributed by atoms with Crippen LogP contribution >= 0.6 is 303 Å². The van der Waals surface area contributed by atoms with E-state index >= 15 is 0 Å². The van der Waals surface area contributed by atoms with Gasteiger partial charge >= 0.3 is 5.97 Å². The summed E-state index contributed by atoms with van der Waals surface area (Å²) in [5, 5.41) is 9.78. The normalized spacial score (nSPS) is 16.5. The first-order valence-electron chi connectivity index (χ1n) is 6.27. The van der Waals surface area contributed by atoms with E-state index in [2.05, 4.69) is 303 Å². The molecule has 0 amide bonds. The molecule has 2 nitrogen and oxygen atoms in total. The molecule has 0 spiro atoms. The van der Waals surface area contributed by atoms with Crippen molar-refractivity contribution in [3.05, 3.63) is 0 Å². The topological polar surface area (TPSA) is 37.3 Å². The van der Waals surface area contributed by atoms with Gasteiger partial charge in [0.05, 0.1) is 0 Å². The summed E-state index contributed by atoms with van der Waals surface area (Å²) in [7, 11) is 0. The van der Waals surface area contributed by atoms with Gasteiger partial charge in [-0.2, -0.15) is 0 Å². The van der Waals surface area contributed by atoms with E-state index < -0.39 is 34.0 Å². The third kappa shape index (κ3) is 6.89. The average Bonchev–Trinajstić information content (AvgIpc) is 2.52. The standard InChI is InChI=1S/C10HBr19O2/c11-2(12,1(30)31)3(13,14)4(15,16)5(17,18)6(19,20)7(21,22)8(23,24)9(25,26)10(27,28)29/h(H,30,31). The SMILES string of the molecule is O=C(O)C(Br)(Br)C(Br)(Br)C(Br)(Br)C(Br)(Br)C(Br)(Br)C(Br)(Br)C(Br)(Br)C(Br)(Br)C(Br)(Br)Br. The molecule has 0 aromatic heterocycles. The lowest BCUT2D eigenvalue weighted by Crippen LogP contribution is -2.69. The molecule has 0 rings (SSSR count). The molecule has 0 heterocycles. The Balaban J connectivity index is 6.95. The first-order chi connectivity index (χ1) is 12.9. The molecule has 186 valence electrons. The van der Waals surface area contributed by atoms with E-state index in [1.807, 2.05) is 0 Å². The number of hydrogen-bond acceptors (Lipinski definition) is 1. The third-order valence-electron chi connectivity index (χ3n) is 3.38. The molecule has 0 saturated heterocycles. The van der Waals surface area contributed by atoms with Crippen molar-refractivity contribution < 1.29 is 9.90 Å². The molecule has 0 unspecified atom stereocenters. The van der Waals surface area contributed by atoms with Crippen LogP contribution in [0.25, 0.3) is 0 Å². The zero-order chi connectivity index (χ0) is 26.1. The minimum Gasteiger partial charge on any atom is -0.480 e. The van der Waals surface area contributed by atoms with Crippen molar-refractivity contribution in [2.45, 2.75) is 28.0 Å². The van der Waals surface area contributed by atoms with Crippen LogP contribution in [0.2, 0.25) is 0 Å². The zero-order valence-electron chi connectivity index (χ0n) is 13.0. The Morgan fingerprint density at radius 1 is 0.387 bits per heavy atom. The third-order valence-corrected chi connectivity index (χ3v) is 41.8. The lowest BCUT2D eigenvalue weighted by molar-refractivity contribution is -0.137. The highest BCUT2D eigenvalue weighted by Gasteiger charge is 2.79. The highest BCUT2D eigenvalue weighted by molar-refractivity contribution is 9.42. The summed E-state index contributed by atoms with van der Waals surface area (Å²) in [6.07, 6.45) is 0. The Morgan fingerprint density at radius 2 is 0.581 bits per heavy atom. The van der Waals surface area contributed by atoms with Gasteiger partial charge in [0.2, 0.25) is 3.23 Å². The molecule has 0 bridgehead atoms. The van der Waals surface area contributed by atoms with Crippen molar-refractivity contribution in [3.63, 3.8) is 0 Å². The fourth-order valence-corrected chi connectivity index (χ4v) is 18.4. The minimum atomic E-state index is -1.69. The Hall–Kier alpha value is 8.59. The van der Waals surface area contributed by atoms with Gasteiger partial charge in [-0.1, -0.05) is 303 Å². The van der Waals surface area contributed by atoms with E-state index in [1.165, 1.54) is 0 Å². The summed E-state index contributed by atoms with van der Waals surface area (Å²) in [5.74, 6) is -1.20. The molecule has 0 saturated carbocycles. The van der Waals surface area contributed by atoms with Crippen LogP contribution in [0.15, 0.2) is 0 Å². The van der Waals surface area contributed by atoms with Gasteiger partial charge in [0.1, 0.15) is 22.6 Å². The Morgan fingerprint density at radius 3 is 0.774 bits per heavy atom. The van der Waals surface area contributed by atoms with Crippen LogP contribution < -0.4 is 0 Å². The van der Waals surface area contributed by atoms with Crippen LogP contribution in [0.1, 0.15) is 0 Å². The Bertz CT molecular complexity index is 701. The highest BCUT2D eigenvalue weighted by Crippen LogP contribution is 2.79. The van der Waals surface area contributed by atoms with Crippen molar-refractivity contribution in [1.29, 1.82) is 0 Å². The van der Waals surface area contributed by atoms with Gasteiger partial charge in [-0.15, -0.1) is 0 Å². The molecule has 0 radical (unpaired) electrons. The van der Waals surface area contributed by atoms with E-state index in [4.69, 9.17) is 0 Å². The summed E-state index contributed by atoms with van der Waals surface area (Å²) in [4.78, 5) is 12.0. The van der Waals surface area contributed by atoms with Crippen LogP contribution in [0, 0.1) is 0 Å². The fourth-order valence-electron chi connectivity index (χ4n) is 1.50. The molecule has 0 aromatic rings. The van der Waals surface area contributed by atoms with E-state index in [0.717, 1.165) is 0 Å².